The van der Waals surface area contributed by atoms with Gasteiger partial charge in [0.05, 0.1) is 6.54 Å². The van der Waals surface area contributed by atoms with Crippen molar-refractivity contribution in [2.45, 2.75) is 32.2 Å². The van der Waals surface area contributed by atoms with E-state index in [9.17, 15) is 4.39 Å². The largest absolute Gasteiger partial charge is 0.348 e. The summed E-state index contributed by atoms with van der Waals surface area (Å²) in [6, 6.07) is 7.13. The monoisotopic (exact) mass is 287 g/mol. The lowest BCUT2D eigenvalue weighted by Gasteiger charge is -2.32. The maximum Gasteiger partial charge on any atom is 0.126 e. The van der Waals surface area contributed by atoms with Crippen LogP contribution in [0.2, 0.25) is 0 Å². The summed E-state index contributed by atoms with van der Waals surface area (Å²) in [4.78, 5) is 9.91. The van der Waals surface area contributed by atoms with E-state index < -0.39 is 0 Å². The highest BCUT2D eigenvalue weighted by Gasteiger charge is 2.20. The maximum absolute atomic E-state index is 13.6. The van der Waals surface area contributed by atoms with Crippen LogP contribution in [0.4, 0.5) is 4.39 Å². The number of nitrogens with zero attached hydrogens (tertiary/aromatic N) is 2. The second-order valence-corrected chi connectivity index (χ2v) is 5.91. The van der Waals surface area contributed by atoms with Crippen molar-refractivity contribution in [2.75, 3.05) is 13.1 Å². The minimum absolute atomic E-state index is 0.0687. The molecule has 0 unspecified atom stereocenters. The molecular formula is C17H22FN3. The molecule has 112 valence electrons. The lowest BCUT2D eigenvalue weighted by atomic mass is 9.91. The molecule has 1 aliphatic rings. The number of aromatic amines is 1. The number of nitrogens with one attached hydrogen (secondary N) is 1. The van der Waals surface area contributed by atoms with Crippen molar-refractivity contribution in [3.05, 3.63) is 53.9 Å². The molecule has 4 heteroatoms. The van der Waals surface area contributed by atoms with Crippen molar-refractivity contribution in [3.8, 4) is 0 Å². The third-order valence-corrected chi connectivity index (χ3v) is 4.31. The van der Waals surface area contributed by atoms with Crippen LogP contribution in [0.1, 0.15) is 30.7 Å². The molecule has 0 spiro atoms. The summed E-state index contributed by atoms with van der Waals surface area (Å²) >= 11 is 0. The number of piperidine rings is 1. The highest BCUT2D eigenvalue weighted by Crippen LogP contribution is 2.23. The molecule has 0 bridgehead atoms. The van der Waals surface area contributed by atoms with Crippen LogP contribution in [0.25, 0.3) is 0 Å². The summed E-state index contributed by atoms with van der Waals surface area (Å²) in [5.74, 6) is 1.62. The van der Waals surface area contributed by atoms with E-state index in [0.29, 0.717) is 5.92 Å². The minimum Gasteiger partial charge on any atom is -0.348 e. The van der Waals surface area contributed by atoms with Crippen LogP contribution >= 0.6 is 0 Å². The van der Waals surface area contributed by atoms with Crippen molar-refractivity contribution >= 4 is 0 Å². The molecule has 2 aromatic rings. The van der Waals surface area contributed by atoms with Crippen LogP contribution in [0.5, 0.6) is 0 Å². The molecule has 1 aliphatic heterocycles. The first kappa shape index (κ1) is 14.3. The number of benzene rings is 1. The van der Waals surface area contributed by atoms with Crippen LogP contribution in [0, 0.1) is 11.7 Å². The molecule has 0 radical (unpaired) electrons. The number of likely N-dealkylation sites (tertiary alicyclic amines) is 1. The van der Waals surface area contributed by atoms with Crippen molar-refractivity contribution < 1.29 is 4.39 Å². The van der Waals surface area contributed by atoms with Gasteiger partial charge in [0.25, 0.3) is 0 Å². The SMILES string of the molecule is Fc1ccccc1CC[C@@H]1CCCN(Cc2ncc[nH]2)C1. The van der Waals surface area contributed by atoms with E-state index in [1.54, 1.807) is 18.3 Å². The minimum atomic E-state index is -0.0687. The van der Waals surface area contributed by atoms with Gasteiger partial charge in [-0.1, -0.05) is 18.2 Å². The number of hydrogen-bond donors (Lipinski definition) is 1. The number of imidazole rings is 1. The molecule has 0 aliphatic carbocycles. The van der Waals surface area contributed by atoms with Crippen molar-refractivity contribution in [1.29, 1.82) is 0 Å². The molecule has 0 saturated carbocycles. The lowest BCUT2D eigenvalue weighted by Crippen LogP contribution is -2.35. The highest BCUT2D eigenvalue weighted by molar-refractivity contribution is 5.17. The molecule has 1 saturated heterocycles. The van der Waals surface area contributed by atoms with E-state index in [0.717, 1.165) is 43.9 Å². The molecule has 3 nitrogen and oxygen atoms in total. The molecule has 1 N–H and O–H groups in total. The van der Waals surface area contributed by atoms with Crippen LogP contribution in [-0.4, -0.2) is 28.0 Å². The number of H-pyrrole nitrogens is 1. The fourth-order valence-electron chi connectivity index (χ4n) is 3.19. The Hall–Kier alpha value is -1.68. The summed E-state index contributed by atoms with van der Waals surface area (Å²) in [5, 5.41) is 0. The Bertz CT molecular complexity index is 553. The van der Waals surface area contributed by atoms with Gasteiger partial charge in [-0.25, -0.2) is 9.37 Å². The Morgan fingerprint density at radius 2 is 2.24 bits per heavy atom. The van der Waals surface area contributed by atoms with E-state index in [2.05, 4.69) is 14.9 Å². The zero-order valence-electron chi connectivity index (χ0n) is 12.3. The van der Waals surface area contributed by atoms with Gasteiger partial charge in [-0.3, -0.25) is 4.90 Å². The first-order valence-corrected chi connectivity index (χ1v) is 7.75. The van der Waals surface area contributed by atoms with Gasteiger partial charge in [-0.15, -0.1) is 0 Å². The second-order valence-electron chi connectivity index (χ2n) is 5.91. The topological polar surface area (TPSA) is 31.9 Å². The van der Waals surface area contributed by atoms with E-state index >= 15 is 0 Å². The van der Waals surface area contributed by atoms with Gasteiger partial charge in [0.1, 0.15) is 11.6 Å². The number of halogens is 1. The molecular weight excluding hydrogens is 265 g/mol. The van der Waals surface area contributed by atoms with E-state index in [-0.39, 0.29) is 5.82 Å². The third kappa shape index (κ3) is 3.91. The normalized spacial score (nSPS) is 19.8. The molecule has 1 aromatic carbocycles. The first-order valence-electron chi connectivity index (χ1n) is 7.75. The number of hydrogen-bond acceptors (Lipinski definition) is 2. The fraction of sp³-hybridized carbons (Fsp3) is 0.471. The Balaban J connectivity index is 1.51. The van der Waals surface area contributed by atoms with Gasteiger partial charge >= 0.3 is 0 Å². The summed E-state index contributed by atoms with van der Waals surface area (Å²) in [6.07, 6.45) is 8.05. The number of aromatic nitrogens is 2. The molecule has 1 aromatic heterocycles. The van der Waals surface area contributed by atoms with E-state index in [1.807, 2.05) is 18.3 Å². The smallest absolute Gasteiger partial charge is 0.126 e. The van der Waals surface area contributed by atoms with Gasteiger partial charge in [-0.05, 0) is 49.8 Å². The van der Waals surface area contributed by atoms with Crippen LogP contribution in [0.3, 0.4) is 0 Å². The fourth-order valence-corrected chi connectivity index (χ4v) is 3.19. The van der Waals surface area contributed by atoms with Crippen LogP contribution < -0.4 is 0 Å². The highest BCUT2D eigenvalue weighted by atomic mass is 19.1. The van der Waals surface area contributed by atoms with E-state index in [4.69, 9.17) is 0 Å². The molecule has 2 heterocycles. The van der Waals surface area contributed by atoms with Gasteiger partial charge in [0, 0.05) is 18.9 Å². The zero-order valence-corrected chi connectivity index (χ0v) is 12.3. The maximum atomic E-state index is 13.6. The molecule has 1 atom stereocenters. The summed E-state index contributed by atoms with van der Waals surface area (Å²) in [5.41, 5.74) is 0.848. The van der Waals surface area contributed by atoms with Crippen molar-refractivity contribution in [2.24, 2.45) is 5.92 Å². The first-order chi connectivity index (χ1) is 10.3. The van der Waals surface area contributed by atoms with Gasteiger partial charge in [-0.2, -0.15) is 0 Å². The molecule has 1 fully saturated rings. The standard InChI is InChI=1S/C17H22FN3/c18-16-6-2-1-5-15(16)8-7-14-4-3-11-21(12-14)13-17-19-9-10-20-17/h1-2,5-6,9-10,14H,3-4,7-8,11-13H2,(H,19,20)/t14-/m0/s1. The summed E-state index contributed by atoms with van der Waals surface area (Å²) < 4.78 is 13.6. The van der Waals surface area contributed by atoms with Crippen LogP contribution in [-0.2, 0) is 13.0 Å². The number of aryl methyl sites for hydroxylation is 1. The van der Waals surface area contributed by atoms with Crippen LogP contribution in [0.15, 0.2) is 36.7 Å². The Morgan fingerprint density at radius 1 is 1.33 bits per heavy atom. The Kier molecular flexibility index (Phi) is 4.65. The molecule has 21 heavy (non-hydrogen) atoms. The van der Waals surface area contributed by atoms with Crippen molar-refractivity contribution in [3.63, 3.8) is 0 Å². The number of rotatable bonds is 5. The molecule has 3 rings (SSSR count). The van der Waals surface area contributed by atoms with E-state index in [1.165, 1.54) is 12.8 Å². The third-order valence-electron chi connectivity index (χ3n) is 4.31. The predicted octanol–water partition coefficient (Wildman–Crippen LogP) is 3.39. The van der Waals surface area contributed by atoms with Gasteiger partial charge < -0.3 is 4.98 Å². The lowest BCUT2D eigenvalue weighted by molar-refractivity contribution is 0.158. The zero-order chi connectivity index (χ0) is 14.5. The molecule has 0 amide bonds. The average molecular weight is 287 g/mol. The van der Waals surface area contributed by atoms with Crippen molar-refractivity contribution in [1.82, 2.24) is 14.9 Å². The average Bonchev–Trinajstić information content (AvgIpc) is 3.00. The van der Waals surface area contributed by atoms with Gasteiger partial charge in [0.2, 0.25) is 0 Å². The Morgan fingerprint density at radius 3 is 3.05 bits per heavy atom. The summed E-state index contributed by atoms with van der Waals surface area (Å²) in [6.45, 7) is 3.12. The summed E-state index contributed by atoms with van der Waals surface area (Å²) in [7, 11) is 0. The predicted molar refractivity (Wildman–Crippen MR) is 81.3 cm³/mol. The van der Waals surface area contributed by atoms with Gasteiger partial charge in [0.15, 0.2) is 0 Å². The second kappa shape index (κ2) is 6.85. The quantitative estimate of drug-likeness (QED) is 0.914. The Labute approximate surface area is 125 Å².